The van der Waals surface area contributed by atoms with Gasteiger partial charge >= 0.3 is 0 Å². The van der Waals surface area contributed by atoms with Crippen LogP contribution in [0.25, 0.3) is 0 Å². The molecule has 7 heteroatoms. The number of fused-ring (bicyclic) bond motifs is 1. The highest BCUT2D eigenvalue weighted by Crippen LogP contribution is 2.34. The van der Waals surface area contributed by atoms with Crippen molar-refractivity contribution in [3.05, 3.63) is 46.2 Å². The van der Waals surface area contributed by atoms with Crippen LogP contribution in [0.5, 0.6) is 0 Å². The molecule has 2 aliphatic rings. The minimum atomic E-state index is -3.36. The molecule has 1 amide bonds. The molecule has 2 heterocycles. The molecule has 1 aromatic carbocycles. The molecule has 0 atom stereocenters. The van der Waals surface area contributed by atoms with Crippen molar-refractivity contribution >= 4 is 38.6 Å². The Hall–Kier alpha value is -1.86. The molecule has 1 aliphatic heterocycles. The van der Waals surface area contributed by atoms with Gasteiger partial charge in [0.1, 0.15) is 0 Å². The first-order valence-electron chi connectivity index (χ1n) is 8.54. The molecule has 1 N–H and O–H groups in total. The highest BCUT2D eigenvalue weighted by molar-refractivity contribution is 7.93. The van der Waals surface area contributed by atoms with Crippen molar-refractivity contribution < 1.29 is 13.2 Å². The monoisotopic (exact) mass is 376 g/mol. The first kappa shape index (κ1) is 16.6. The van der Waals surface area contributed by atoms with E-state index >= 15 is 0 Å². The minimum absolute atomic E-state index is 0.0236. The maximum Gasteiger partial charge on any atom is 0.268 e. The predicted molar refractivity (Wildman–Crippen MR) is 101 cm³/mol. The van der Waals surface area contributed by atoms with E-state index in [9.17, 15) is 13.2 Å². The van der Waals surface area contributed by atoms with E-state index in [1.54, 1.807) is 17.0 Å². The molecule has 132 valence electrons. The van der Waals surface area contributed by atoms with Crippen molar-refractivity contribution in [3.63, 3.8) is 0 Å². The first-order valence-corrected chi connectivity index (χ1v) is 11.0. The largest absolute Gasteiger partial charge is 0.307 e. The number of rotatable bonds is 4. The molecule has 2 aromatic rings. The summed E-state index contributed by atoms with van der Waals surface area (Å²) in [7, 11) is -3.36. The highest BCUT2D eigenvalue weighted by atomic mass is 32.2. The molecule has 0 unspecified atom stereocenters. The Morgan fingerprint density at radius 3 is 2.72 bits per heavy atom. The van der Waals surface area contributed by atoms with Crippen molar-refractivity contribution in [1.29, 1.82) is 0 Å². The van der Waals surface area contributed by atoms with E-state index in [4.69, 9.17) is 0 Å². The van der Waals surface area contributed by atoms with Crippen LogP contribution >= 0.6 is 11.3 Å². The summed E-state index contributed by atoms with van der Waals surface area (Å²) in [6.45, 7) is 0.630. The van der Waals surface area contributed by atoms with E-state index in [-0.39, 0.29) is 11.2 Å². The minimum Gasteiger partial charge on any atom is -0.307 e. The van der Waals surface area contributed by atoms with Crippen LogP contribution in [0.1, 0.15) is 40.9 Å². The number of amides is 1. The lowest BCUT2D eigenvalue weighted by Gasteiger charge is -2.18. The number of sulfonamides is 1. The molecule has 25 heavy (non-hydrogen) atoms. The van der Waals surface area contributed by atoms with Gasteiger partial charge in [-0.3, -0.25) is 9.52 Å². The first-order chi connectivity index (χ1) is 12.0. The lowest BCUT2D eigenvalue weighted by Crippen LogP contribution is -2.28. The number of anilines is 2. The SMILES string of the molecule is O=C(c1cccs1)N1CCc2ccc(NS(=O)(=O)C3CCCC3)cc21. The quantitative estimate of drug-likeness (QED) is 0.886. The zero-order valence-electron chi connectivity index (χ0n) is 13.8. The number of hydrogen-bond acceptors (Lipinski definition) is 4. The van der Waals surface area contributed by atoms with Crippen LogP contribution in [0.2, 0.25) is 0 Å². The van der Waals surface area contributed by atoms with E-state index in [0.717, 1.165) is 43.4 Å². The van der Waals surface area contributed by atoms with Crippen LogP contribution in [-0.4, -0.2) is 26.1 Å². The molecule has 0 spiro atoms. The second-order valence-corrected chi connectivity index (χ2v) is 9.49. The zero-order valence-corrected chi connectivity index (χ0v) is 15.4. The van der Waals surface area contributed by atoms with E-state index in [2.05, 4.69) is 4.72 Å². The summed E-state index contributed by atoms with van der Waals surface area (Å²) >= 11 is 1.42. The van der Waals surface area contributed by atoms with Gasteiger partial charge in [-0.15, -0.1) is 11.3 Å². The average molecular weight is 377 g/mol. The second kappa shape index (κ2) is 6.46. The highest BCUT2D eigenvalue weighted by Gasteiger charge is 2.30. The molecule has 0 radical (unpaired) electrons. The van der Waals surface area contributed by atoms with Gasteiger partial charge in [-0.05, 0) is 48.4 Å². The van der Waals surface area contributed by atoms with Crippen molar-refractivity contribution in [2.45, 2.75) is 37.4 Å². The summed E-state index contributed by atoms with van der Waals surface area (Å²) in [5.74, 6) is -0.0236. The number of benzene rings is 1. The number of hydrogen-bond donors (Lipinski definition) is 1. The third-order valence-corrected chi connectivity index (χ3v) is 7.69. The summed E-state index contributed by atoms with van der Waals surface area (Å²) in [5, 5.41) is 1.58. The van der Waals surface area contributed by atoms with Crippen LogP contribution in [0.3, 0.4) is 0 Å². The Labute approximate surface area is 151 Å². The molecule has 1 aromatic heterocycles. The van der Waals surface area contributed by atoms with Crippen LogP contribution < -0.4 is 9.62 Å². The third-order valence-electron chi connectivity index (χ3n) is 4.96. The van der Waals surface area contributed by atoms with Gasteiger partial charge in [0.25, 0.3) is 5.91 Å². The molecule has 4 rings (SSSR count). The van der Waals surface area contributed by atoms with Crippen LogP contribution in [0, 0.1) is 0 Å². The number of nitrogens with zero attached hydrogens (tertiary/aromatic N) is 1. The van der Waals surface area contributed by atoms with Gasteiger partial charge in [-0.25, -0.2) is 8.42 Å². The predicted octanol–water partition coefficient (Wildman–Crippen LogP) is 3.64. The van der Waals surface area contributed by atoms with Crippen LogP contribution in [0.15, 0.2) is 35.7 Å². The molecular formula is C18H20N2O3S2. The average Bonchev–Trinajstić information content (AvgIpc) is 3.33. The van der Waals surface area contributed by atoms with Crippen molar-refractivity contribution in [2.75, 3.05) is 16.2 Å². The summed E-state index contributed by atoms with van der Waals surface area (Å²) < 4.78 is 27.8. The third kappa shape index (κ3) is 3.18. The molecule has 5 nitrogen and oxygen atoms in total. The van der Waals surface area contributed by atoms with Gasteiger partial charge in [-0.2, -0.15) is 0 Å². The van der Waals surface area contributed by atoms with Gasteiger partial charge in [-0.1, -0.05) is 25.0 Å². The Kier molecular flexibility index (Phi) is 4.29. The lowest BCUT2D eigenvalue weighted by molar-refractivity contribution is 0.0993. The van der Waals surface area contributed by atoms with Gasteiger partial charge in [0.2, 0.25) is 10.0 Å². The van der Waals surface area contributed by atoms with Crippen molar-refractivity contribution in [2.24, 2.45) is 0 Å². The number of carbonyl (C=O) groups excluding carboxylic acids is 1. The Morgan fingerprint density at radius 1 is 1.20 bits per heavy atom. The summed E-state index contributed by atoms with van der Waals surface area (Å²) in [5.41, 5.74) is 2.43. The zero-order chi connectivity index (χ0) is 17.4. The fraction of sp³-hybridized carbons (Fsp3) is 0.389. The standard InChI is InChI=1S/C18H20N2O3S2/c21-18(17-6-3-11-24-17)20-10-9-13-7-8-14(12-16(13)20)19-25(22,23)15-4-1-2-5-15/h3,6-8,11-12,15,19H,1-2,4-5,9-10H2. The topological polar surface area (TPSA) is 66.5 Å². The van der Waals surface area contributed by atoms with Crippen molar-refractivity contribution in [3.8, 4) is 0 Å². The number of carbonyl (C=O) groups is 1. The lowest BCUT2D eigenvalue weighted by atomic mass is 10.1. The Balaban J connectivity index is 1.59. The Morgan fingerprint density at radius 2 is 2.00 bits per heavy atom. The van der Waals surface area contributed by atoms with Crippen molar-refractivity contribution in [1.82, 2.24) is 0 Å². The molecule has 1 fully saturated rings. The van der Waals surface area contributed by atoms with E-state index in [1.807, 2.05) is 23.6 Å². The molecule has 1 saturated carbocycles. The molecular weight excluding hydrogens is 356 g/mol. The Bertz CT molecular complexity index is 885. The number of nitrogens with one attached hydrogen (secondary N) is 1. The van der Waals surface area contributed by atoms with Gasteiger partial charge in [0, 0.05) is 12.2 Å². The van der Waals surface area contributed by atoms with Gasteiger partial charge in [0.05, 0.1) is 15.8 Å². The fourth-order valence-electron chi connectivity index (χ4n) is 3.63. The normalized spacial score (nSPS) is 17.7. The maximum atomic E-state index is 12.7. The summed E-state index contributed by atoms with van der Waals surface area (Å²) in [4.78, 5) is 15.1. The maximum absolute atomic E-state index is 12.7. The van der Waals surface area contributed by atoms with Gasteiger partial charge < -0.3 is 4.90 Å². The van der Waals surface area contributed by atoms with Gasteiger partial charge in [0.15, 0.2) is 0 Å². The fourth-order valence-corrected chi connectivity index (χ4v) is 5.88. The van der Waals surface area contributed by atoms with E-state index in [0.29, 0.717) is 17.1 Å². The molecule has 1 aliphatic carbocycles. The van der Waals surface area contributed by atoms with Crippen LogP contribution in [-0.2, 0) is 16.4 Å². The van der Waals surface area contributed by atoms with E-state index < -0.39 is 10.0 Å². The van der Waals surface area contributed by atoms with E-state index in [1.165, 1.54) is 11.3 Å². The number of thiophene rings is 1. The summed E-state index contributed by atoms with van der Waals surface area (Å²) in [6.07, 6.45) is 4.19. The molecule has 0 bridgehead atoms. The smallest absolute Gasteiger partial charge is 0.268 e. The second-order valence-electron chi connectivity index (χ2n) is 6.58. The summed E-state index contributed by atoms with van der Waals surface area (Å²) in [6, 6.07) is 9.19. The van der Waals surface area contributed by atoms with Crippen LogP contribution in [0.4, 0.5) is 11.4 Å². The molecule has 0 saturated heterocycles.